The first-order valence-electron chi connectivity index (χ1n) is 7.95. The molecule has 1 N–H and O–H groups in total. The smallest absolute Gasteiger partial charge is 0.244 e. The van der Waals surface area contributed by atoms with Crippen LogP contribution in [-0.4, -0.2) is 29.9 Å². The van der Waals surface area contributed by atoms with Gasteiger partial charge in [0.2, 0.25) is 11.8 Å². The van der Waals surface area contributed by atoms with Crippen LogP contribution >= 0.6 is 0 Å². The summed E-state index contributed by atoms with van der Waals surface area (Å²) in [6, 6.07) is 11.1. The van der Waals surface area contributed by atoms with Crippen LogP contribution in [0.3, 0.4) is 0 Å². The molecule has 2 heterocycles. The number of nitrogens with one attached hydrogen (secondary N) is 1. The highest BCUT2D eigenvalue weighted by atomic mass is 16.5. The number of anilines is 2. The maximum Gasteiger partial charge on any atom is 0.244 e. The Bertz CT molecular complexity index is 761. The Morgan fingerprint density at radius 3 is 2.96 bits per heavy atom. The summed E-state index contributed by atoms with van der Waals surface area (Å²) >= 11 is 0. The van der Waals surface area contributed by atoms with Crippen molar-refractivity contribution < 1.29 is 14.3 Å². The van der Waals surface area contributed by atoms with Gasteiger partial charge in [0, 0.05) is 12.6 Å². The molecule has 24 heavy (non-hydrogen) atoms. The van der Waals surface area contributed by atoms with Crippen molar-refractivity contribution in [2.45, 2.75) is 19.8 Å². The molecule has 0 saturated heterocycles. The minimum atomic E-state index is -0.210. The molecule has 124 valence electrons. The van der Waals surface area contributed by atoms with Gasteiger partial charge in [-0.15, -0.1) is 0 Å². The van der Waals surface area contributed by atoms with Crippen molar-refractivity contribution in [2.24, 2.45) is 0 Å². The van der Waals surface area contributed by atoms with Crippen LogP contribution < -0.4 is 15.0 Å². The van der Waals surface area contributed by atoms with Crippen LogP contribution in [0.15, 0.2) is 42.6 Å². The van der Waals surface area contributed by atoms with Crippen molar-refractivity contribution in [1.29, 1.82) is 0 Å². The number of nitrogens with zero attached hydrogens (tertiary/aromatic N) is 2. The molecule has 0 radical (unpaired) electrons. The lowest BCUT2D eigenvalue weighted by Gasteiger charge is -2.27. The third-order valence-electron chi connectivity index (χ3n) is 3.80. The van der Waals surface area contributed by atoms with E-state index < -0.39 is 0 Å². The number of benzene rings is 1. The molecule has 0 fully saturated rings. The lowest BCUT2D eigenvalue weighted by atomic mass is 10.1. The van der Waals surface area contributed by atoms with Gasteiger partial charge in [-0.05, 0) is 37.1 Å². The van der Waals surface area contributed by atoms with Gasteiger partial charge in [-0.25, -0.2) is 4.98 Å². The number of pyridine rings is 1. The van der Waals surface area contributed by atoms with Gasteiger partial charge in [-0.3, -0.25) is 14.5 Å². The highest BCUT2D eigenvalue weighted by Gasteiger charge is 2.27. The van der Waals surface area contributed by atoms with Crippen LogP contribution in [0.5, 0.6) is 5.75 Å². The Hall–Kier alpha value is -2.89. The van der Waals surface area contributed by atoms with E-state index in [-0.39, 0.29) is 24.8 Å². The molecule has 1 aromatic carbocycles. The lowest BCUT2D eigenvalue weighted by Crippen LogP contribution is -2.42. The molecule has 2 amide bonds. The zero-order valence-electron chi connectivity index (χ0n) is 13.5. The summed E-state index contributed by atoms with van der Waals surface area (Å²) in [6.07, 6.45) is 2.45. The number of amides is 2. The van der Waals surface area contributed by atoms with Gasteiger partial charge < -0.3 is 10.1 Å². The molecule has 2 aromatic rings. The number of carbonyl (C=O) groups is 2. The molecule has 1 aliphatic heterocycles. The second-order valence-electron chi connectivity index (χ2n) is 5.44. The highest BCUT2D eigenvalue weighted by molar-refractivity contribution is 6.08. The zero-order valence-corrected chi connectivity index (χ0v) is 13.5. The van der Waals surface area contributed by atoms with E-state index in [1.807, 2.05) is 31.2 Å². The van der Waals surface area contributed by atoms with E-state index in [0.29, 0.717) is 24.5 Å². The van der Waals surface area contributed by atoms with Crippen molar-refractivity contribution in [1.82, 2.24) is 4.98 Å². The monoisotopic (exact) mass is 325 g/mol. The second kappa shape index (κ2) is 7.12. The van der Waals surface area contributed by atoms with Crippen molar-refractivity contribution in [3.05, 3.63) is 48.2 Å². The number of hydrogen-bond acceptors (Lipinski definition) is 4. The molecule has 0 spiro atoms. The summed E-state index contributed by atoms with van der Waals surface area (Å²) in [4.78, 5) is 30.1. The van der Waals surface area contributed by atoms with Gasteiger partial charge in [0.15, 0.2) is 5.82 Å². The molecule has 0 saturated carbocycles. The van der Waals surface area contributed by atoms with E-state index >= 15 is 0 Å². The first-order valence-corrected chi connectivity index (χ1v) is 7.95. The van der Waals surface area contributed by atoms with Gasteiger partial charge in [-0.1, -0.05) is 18.2 Å². The molecule has 6 heteroatoms. The summed E-state index contributed by atoms with van der Waals surface area (Å²) in [7, 11) is 0. The molecule has 3 rings (SSSR count). The first-order chi connectivity index (χ1) is 11.7. The SMILES string of the molecule is CCOc1ccccc1CCC(=O)N1CC(=O)Nc2cccnc21. The van der Waals surface area contributed by atoms with Crippen molar-refractivity contribution in [3.63, 3.8) is 0 Å². The Morgan fingerprint density at radius 2 is 2.12 bits per heavy atom. The first kappa shape index (κ1) is 16.0. The molecule has 1 aromatic heterocycles. The molecule has 0 unspecified atom stereocenters. The number of carbonyl (C=O) groups excluding carboxylic acids is 2. The van der Waals surface area contributed by atoms with Crippen LogP contribution in [0.4, 0.5) is 11.5 Å². The summed E-state index contributed by atoms with van der Waals surface area (Å²) in [6.45, 7) is 2.50. The number of fused-ring (bicyclic) bond motifs is 1. The highest BCUT2D eigenvalue weighted by Crippen LogP contribution is 2.27. The lowest BCUT2D eigenvalue weighted by molar-refractivity contribution is -0.121. The van der Waals surface area contributed by atoms with E-state index in [1.165, 1.54) is 4.90 Å². The van der Waals surface area contributed by atoms with Crippen LogP contribution in [-0.2, 0) is 16.0 Å². The molecular weight excluding hydrogens is 306 g/mol. The molecule has 0 atom stereocenters. The number of aryl methyl sites for hydroxylation is 1. The van der Waals surface area contributed by atoms with Crippen molar-refractivity contribution in [2.75, 3.05) is 23.4 Å². The number of rotatable bonds is 5. The summed E-state index contributed by atoms with van der Waals surface area (Å²) < 4.78 is 5.59. The maximum absolute atomic E-state index is 12.6. The molecule has 6 nitrogen and oxygen atoms in total. The average Bonchev–Trinajstić information content (AvgIpc) is 2.60. The molecular formula is C18H19N3O3. The standard InChI is InChI=1S/C18H19N3O3/c1-2-24-15-8-4-3-6-13(15)9-10-17(23)21-12-16(22)20-14-7-5-11-19-18(14)21/h3-8,11H,2,9-10,12H2,1H3,(H,20,22). The molecule has 0 bridgehead atoms. The Morgan fingerprint density at radius 1 is 1.29 bits per heavy atom. The van der Waals surface area contributed by atoms with E-state index in [4.69, 9.17) is 4.74 Å². The Labute approximate surface area is 140 Å². The maximum atomic E-state index is 12.6. The molecule has 1 aliphatic rings. The van der Waals surface area contributed by atoms with Gasteiger partial charge in [-0.2, -0.15) is 0 Å². The fourth-order valence-corrected chi connectivity index (χ4v) is 2.71. The minimum absolute atomic E-state index is 0.00401. The van der Waals surface area contributed by atoms with E-state index in [0.717, 1.165) is 11.3 Å². The summed E-state index contributed by atoms with van der Waals surface area (Å²) in [5, 5.41) is 2.73. The van der Waals surface area contributed by atoms with Gasteiger partial charge in [0.25, 0.3) is 0 Å². The van der Waals surface area contributed by atoms with E-state index in [1.54, 1.807) is 18.3 Å². The summed E-state index contributed by atoms with van der Waals surface area (Å²) in [5.74, 6) is 0.956. The number of aromatic nitrogens is 1. The van der Waals surface area contributed by atoms with Crippen molar-refractivity contribution in [3.8, 4) is 5.75 Å². The van der Waals surface area contributed by atoms with Gasteiger partial charge >= 0.3 is 0 Å². The third kappa shape index (κ3) is 3.37. The topological polar surface area (TPSA) is 71.5 Å². The van der Waals surface area contributed by atoms with Crippen LogP contribution in [0, 0.1) is 0 Å². The predicted molar refractivity (Wildman–Crippen MR) is 91.2 cm³/mol. The van der Waals surface area contributed by atoms with Gasteiger partial charge in [0.1, 0.15) is 12.3 Å². The fraction of sp³-hybridized carbons (Fsp3) is 0.278. The largest absolute Gasteiger partial charge is 0.494 e. The Balaban J connectivity index is 1.73. The predicted octanol–water partition coefficient (Wildman–Crippen LogP) is 2.40. The quantitative estimate of drug-likeness (QED) is 0.916. The number of ether oxygens (including phenoxy) is 1. The average molecular weight is 325 g/mol. The van der Waals surface area contributed by atoms with Gasteiger partial charge in [0.05, 0.1) is 12.3 Å². The zero-order chi connectivity index (χ0) is 16.9. The van der Waals surface area contributed by atoms with E-state index in [2.05, 4.69) is 10.3 Å². The fourth-order valence-electron chi connectivity index (χ4n) is 2.71. The molecule has 0 aliphatic carbocycles. The van der Waals surface area contributed by atoms with Crippen LogP contribution in [0.1, 0.15) is 18.9 Å². The summed E-state index contributed by atoms with van der Waals surface area (Å²) in [5.41, 5.74) is 1.55. The van der Waals surface area contributed by atoms with Crippen LogP contribution in [0.2, 0.25) is 0 Å². The van der Waals surface area contributed by atoms with Crippen LogP contribution in [0.25, 0.3) is 0 Å². The normalized spacial score (nSPS) is 13.2. The third-order valence-corrected chi connectivity index (χ3v) is 3.80. The number of hydrogen-bond donors (Lipinski definition) is 1. The van der Waals surface area contributed by atoms with Crippen molar-refractivity contribution >= 4 is 23.3 Å². The minimum Gasteiger partial charge on any atom is -0.494 e. The second-order valence-corrected chi connectivity index (χ2v) is 5.44. The number of para-hydroxylation sites is 1. The van der Waals surface area contributed by atoms with E-state index in [9.17, 15) is 9.59 Å². The Kier molecular flexibility index (Phi) is 4.74.